The summed E-state index contributed by atoms with van der Waals surface area (Å²) in [7, 11) is 0. The summed E-state index contributed by atoms with van der Waals surface area (Å²) in [6, 6.07) is -2.18. The molecule has 0 aromatic carbocycles. The van der Waals surface area contributed by atoms with Crippen LogP contribution in [0.4, 0.5) is 0 Å². The number of aliphatic carboxylic acids is 1. The van der Waals surface area contributed by atoms with Crippen molar-refractivity contribution < 1.29 is 19.5 Å². The molecule has 0 aliphatic carbocycles. The monoisotopic (exact) mass is 359 g/mol. The molecule has 0 radical (unpaired) electrons. The summed E-state index contributed by atoms with van der Waals surface area (Å²) >= 11 is 1.61. The SMILES string of the molecule is CSCCC(N)C(=O)NC(CC(C)C)C(=O)N1CCCC1C(=O)O. The number of thioether (sulfide) groups is 1. The summed E-state index contributed by atoms with van der Waals surface area (Å²) in [5, 5.41) is 12.0. The third kappa shape index (κ3) is 5.98. The molecule has 0 saturated carbocycles. The van der Waals surface area contributed by atoms with Crippen LogP contribution in [0.15, 0.2) is 0 Å². The van der Waals surface area contributed by atoms with Crippen molar-refractivity contribution in [2.24, 2.45) is 11.7 Å². The van der Waals surface area contributed by atoms with Gasteiger partial charge < -0.3 is 21.1 Å². The molecular formula is C16H29N3O4S. The second-order valence-electron chi connectivity index (χ2n) is 6.61. The fourth-order valence-corrected chi connectivity index (χ4v) is 3.32. The number of carbonyl (C=O) groups is 3. The van der Waals surface area contributed by atoms with Crippen LogP contribution in [0.1, 0.15) is 39.5 Å². The van der Waals surface area contributed by atoms with Gasteiger partial charge in [0.05, 0.1) is 6.04 Å². The second kappa shape index (κ2) is 9.88. The average Bonchev–Trinajstić information content (AvgIpc) is 3.00. The molecule has 1 rings (SSSR count). The highest BCUT2D eigenvalue weighted by atomic mass is 32.2. The maximum atomic E-state index is 12.8. The maximum absolute atomic E-state index is 12.8. The quantitative estimate of drug-likeness (QED) is 0.558. The van der Waals surface area contributed by atoms with E-state index in [1.807, 2.05) is 20.1 Å². The van der Waals surface area contributed by atoms with Crippen LogP contribution < -0.4 is 11.1 Å². The molecule has 0 bridgehead atoms. The summed E-state index contributed by atoms with van der Waals surface area (Å²) in [6.07, 6.45) is 4.06. The lowest BCUT2D eigenvalue weighted by atomic mass is 10.0. The second-order valence-corrected chi connectivity index (χ2v) is 7.59. The first-order chi connectivity index (χ1) is 11.3. The van der Waals surface area contributed by atoms with Crippen LogP contribution in [0.2, 0.25) is 0 Å². The van der Waals surface area contributed by atoms with E-state index in [0.29, 0.717) is 32.2 Å². The largest absolute Gasteiger partial charge is 0.480 e. The third-order valence-electron chi connectivity index (χ3n) is 4.11. The van der Waals surface area contributed by atoms with Crippen LogP contribution in [0.5, 0.6) is 0 Å². The predicted molar refractivity (Wildman–Crippen MR) is 94.7 cm³/mol. The molecule has 1 saturated heterocycles. The van der Waals surface area contributed by atoms with Gasteiger partial charge in [-0.25, -0.2) is 4.79 Å². The molecule has 3 atom stereocenters. The third-order valence-corrected chi connectivity index (χ3v) is 4.76. The number of amides is 2. The molecule has 0 spiro atoms. The molecule has 24 heavy (non-hydrogen) atoms. The van der Waals surface area contributed by atoms with Gasteiger partial charge in [0.2, 0.25) is 11.8 Å². The van der Waals surface area contributed by atoms with Crippen molar-refractivity contribution in [3.8, 4) is 0 Å². The normalized spacial score (nSPS) is 20.0. The van der Waals surface area contributed by atoms with Crippen LogP contribution in [0.3, 0.4) is 0 Å². The van der Waals surface area contributed by atoms with E-state index >= 15 is 0 Å². The Bertz CT molecular complexity index is 459. The molecule has 0 aromatic heterocycles. The van der Waals surface area contributed by atoms with E-state index in [1.165, 1.54) is 4.90 Å². The Labute approximate surface area is 147 Å². The maximum Gasteiger partial charge on any atom is 0.326 e. The Hall–Kier alpha value is -1.28. The number of likely N-dealkylation sites (tertiary alicyclic amines) is 1. The summed E-state index contributed by atoms with van der Waals surface area (Å²) in [5.41, 5.74) is 5.87. The van der Waals surface area contributed by atoms with Gasteiger partial charge in [0.15, 0.2) is 0 Å². The Kier molecular flexibility index (Phi) is 8.55. The lowest BCUT2D eigenvalue weighted by molar-refractivity contribution is -0.149. The van der Waals surface area contributed by atoms with Crippen LogP contribution in [-0.2, 0) is 14.4 Å². The smallest absolute Gasteiger partial charge is 0.326 e. The molecule has 8 heteroatoms. The van der Waals surface area contributed by atoms with Crippen molar-refractivity contribution in [3.63, 3.8) is 0 Å². The molecule has 1 heterocycles. The van der Waals surface area contributed by atoms with E-state index in [9.17, 15) is 19.5 Å². The highest BCUT2D eigenvalue weighted by molar-refractivity contribution is 7.98. The molecule has 4 N–H and O–H groups in total. The van der Waals surface area contributed by atoms with E-state index in [-0.39, 0.29) is 17.7 Å². The van der Waals surface area contributed by atoms with Crippen molar-refractivity contribution in [1.82, 2.24) is 10.2 Å². The van der Waals surface area contributed by atoms with Crippen LogP contribution in [0, 0.1) is 5.92 Å². The fourth-order valence-electron chi connectivity index (χ4n) is 2.83. The molecule has 1 aliphatic heterocycles. The van der Waals surface area contributed by atoms with Crippen molar-refractivity contribution in [1.29, 1.82) is 0 Å². The summed E-state index contributed by atoms with van der Waals surface area (Å²) < 4.78 is 0. The molecule has 7 nitrogen and oxygen atoms in total. The Balaban J connectivity index is 2.78. The predicted octanol–water partition coefficient (Wildman–Crippen LogP) is 0.673. The number of carbonyl (C=O) groups excluding carboxylic acids is 2. The highest BCUT2D eigenvalue weighted by Crippen LogP contribution is 2.20. The first-order valence-electron chi connectivity index (χ1n) is 8.36. The van der Waals surface area contributed by atoms with Gasteiger partial charge in [-0.15, -0.1) is 0 Å². The molecule has 138 valence electrons. The summed E-state index contributed by atoms with van der Waals surface area (Å²) in [6.45, 7) is 4.33. The number of carboxylic acid groups (broad SMARTS) is 1. The topological polar surface area (TPSA) is 113 Å². The number of carboxylic acids is 1. The number of rotatable bonds is 9. The van der Waals surface area contributed by atoms with Gasteiger partial charge in [0, 0.05) is 6.54 Å². The molecule has 2 amide bonds. The molecule has 1 fully saturated rings. The lowest BCUT2D eigenvalue weighted by Crippen LogP contribution is -2.54. The van der Waals surface area contributed by atoms with E-state index in [2.05, 4.69) is 5.32 Å². The van der Waals surface area contributed by atoms with Crippen molar-refractivity contribution >= 4 is 29.5 Å². The molecule has 3 unspecified atom stereocenters. The highest BCUT2D eigenvalue weighted by Gasteiger charge is 2.38. The van der Waals surface area contributed by atoms with Gasteiger partial charge in [0.25, 0.3) is 0 Å². The summed E-state index contributed by atoms with van der Waals surface area (Å²) in [5.74, 6) is -0.710. The molecule has 1 aliphatic rings. The van der Waals surface area contributed by atoms with Gasteiger partial charge in [-0.3, -0.25) is 9.59 Å². The van der Waals surface area contributed by atoms with Crippen LogP contribution in [0.25, 0.3) is 0 Å². The van der Waals surface area contributed by atoms with E-state index in [0.717, 1.165) is 5.75 Å². The number of hydrogen-bond acceptors (Lipinski definition) is 5. The Morgan fingerprint density at radius 3 is 2.58 bits per heavy atom. The Morgan fingerprint density at radius 1 is 1.38 bits per heavy atom. The fraction of sp³-hybridized carbons (Fsp3) is 0.812. The van der Waals surface area contributed by atoms with Gasteiger partial charge in [0.1, 0.15) is 12.1 Å². The van der Waals surface area contributed by atoms with Crippen LogP contribution in [-0.4, -0.2) is 64.5 Å². The molecular weight excluding hydrogens is 330 g/mol. The minimum Gasteiger partial charge on any atom is -0.480 e. The zero-order valence-electron chi connectivity index (χ0n) is 14.7. The Morgan fingerprint density at radius 2 is 2.04 bits per heavy atom. The lowest BCUT2D eigenvalue weighted by Gasteiger charge is -2.29. The summed E-state index contributed by atoms with van der Waals surface area (Å²) in [4.78, 5) is 37.7. The van der Waals surface area contributed by atoms with Gasteiger partial charge in [-0.05, 0) is 43.6 Å². The first kappa shape index (κ1) is 20.8. The van der Waals surface area contributed by atoms with Crippen molar-refractivity contribution in [2.75, 3.05) is 18.6 Å². The number of nitrogens with one attached hydrogen (secondary N) is 1. The molecule has 0 aromatic rings. The first-order valence-corrected chi connectivity index (χ1v) is 9.75. The average molecular weight is 359 g/mol. The number of hydrogen-bond donors (Lipinski definition) is 3. The van der Waals surface area contributed by atoms with Crippen molar-refractivity contribution in [3.05, 3.63) is 0 Å². The van der Waals surface area contributed by atoms with E-state index in [1.54, 1.807) is 11.8 Å². The zero-order chi connectivity index (χ0) is 18.3. The van der Waals surface area contributed by atoms with E-state index in [4.69, 9.17) is 5.73 Å². The van der Waals surface area contributed by atoms with Gasteiger partial charge in [-0.1, -0.05) is 13.8 Å². The van der Waals surface area contributed by atoms with Gasteiger partial charge in [-0.2, -0.15) is 11.8 Å². The van der Waals surface area contributed by atoms with Crippen LogP contribution >= 0.6 is 11.8 Å². The minimum absolute atomic E-state index is 0.188. The van der Waals surface area contributed by atoms with E-state index < -0.39 is 24.1 Å². The minimum atomic E-state index is -0.993. The standard InChI is InChI=1S/C16H29N3O4S/c1-10(2)9-12(18-14(20)11(17)6-8-24-3)15(21)19-7-4-5-13(19)16(22)23/h10-13H,4-9,17H2,1-3H3,(H,18,20)(H,22,23). The van der Waals surface area contributed by atoms with Gasteiger partial charge >= 0.3 is 5.97 Å². The van der Waals surface area contributed by atoms with Crippen molar-refractivity contribution in [2.45, 2.75) is 57.7 Å². The number of nitrogens with zero attached hydrogens (tertiary/aromatic N) is 1. The number of nitrogens with two attached hydrogens (primary N) is 1. The zero-order valence-corrected chi connectivity index (χ0v) is 15.5.